The second-order valence-corrected chi connectivity index (χ2v) is 6.36. The van der Waals surface area contributed by atoms with Crippen molar-refractivity contribution in [3.8, 4) is 0 Å². The van der Waals surface area contributed by atoms with E-state index in [-0.39, 0.29) is 5.91 Å². The van der Waals surface area contributed by atoms with Gasteiger partial charge in [-0.15, -0.1) is 0 Å². The molecule has 0 aromatic heterocycles. The molecule has 2 aromatic rings. The minimum absolute atomic E-state index is 0.132. The molecule has 2 nitrogen and oxygen atoms in total. The number of rotatable bonds is 3. The van der Waals surface area contributed by atoms with Gasteiger partial charge >= 0.3 is 0 Å². The lowest BCUT2D eigenvalue weighted by Gasteiger charge is -2.22. The number of hydrogen-bond donors (Lipinski definition) is 1. The molecule has 0 heterocycles. The largest absolute Gasteiger partial charge is 0.322 e. The highest BCUT2D eigenvalue weighted by Crippen LogP contribution is 2.33. The third-order valence-electron chi connectivity index (χ3n) is 4.33. The van der Waals surface area contributed by atoms with Gasteiger partial charge in [0.05, 0.1) is 0 Å². The molecule has 2 aromatic carbocycles. The normalized spacial score (nSPS) is 15.5. The lowest BCUT2D eigenvalue weighted by Crippen LogP contribution is -2.12. The molecule has 0 unspecified atom stereocenters. The Morgan fingerprint density at radius 3 is 2.41 bits per heavy atom. The fourth-order valence-corrected chi connectivity index (χ4v) is 3.30. The van der Waals surface area contributed by atoms with Crippen molar-refractivity contribution in [2.24, 2.45) is 0 Å². The molecule has 1 fully saturated rings. The Bertz CT molecular complexity index is 645. The van der Waals surface area contributed by atoms with Crippen LogP contribution in [0.25, 0.3) is 0 Å². The topological polar surface area (TPSA) is 29.1 Å². The van der Waals surface area contributed by atoms with Crippen LogP contribution in [0.1, 0.15) is 53.9 Å². The van der Waals surface area contributed by atoms with Crippen LogP contribution in [0.15, 0.2) is 48.5 Å². The van der Waals surface area contributed by atoms with Gasteiger partial charge < -0.3 is 5.32 Å². The predicted molar refractivity (Wildman–Crippen MR) is 91.7 cm³/mol. The standard InChI is InChI=1S/C19H20ClNO/c20-17-8-4-7-16(13-17)19(22)21-18-11-9-15(10-12-18)14-5-2-1-3-6-14/h4,7-14H,1-3,5-6H2,(H,21,22). The van der Waals surface area contributed by atoms with E-state index in [4.69, 9.17) is 11.6 Å². The minimum atomic E-state index is -0.132. The Hall–Kier alpha value is -1.80. The van der Waals surface area contributed by atoms with Crippen LogP contribution >= 0.6 is 11.6 Å². The lowest BCUT2D eigenvalue weighted by atomic mass is 9.84. The third-order valence-corrected chi connectivity index (χ3v) is 4.57. The smallest absolute Gasteiger partial charge is 0.255 e. The Kier molecular flexibility index (Phi) is 4.79. The predicted octanol–water partition coefficient (Wildman–Crippen LogP) is 5.64. The third kappa shape index (κ3) is 3.69. The van der Waals surface area contributed by atoms with Crippen molar-refractivity contribution in [2.45, 2.75) is 38.0 Å². The van der Waals surface area contributed by atoms with Gasteiger partial charge in [0.25, 0.3) is 5.91 Å². The summed E-state index contributed by atoms with van der Waals surface area (Å²) in [6.07, 6.45) is 6.60. The van der Waals surface area contributed by atoms with Crippen molar-refractivity contribution in [3.05, 3.63) is 64.7 Å². The van der Waals surface area contributed by atoms with Crippen LogP contribution in [0.2, 0.25) is 5.02 Å². The summed E-state index contributed by atoms with van der Waals surface area (Å²) in [5.41, 5.74) is 2.79. The maximum absolute atomic E-state index is 12.2. The van der Waals surface area contributed by atoms with Gasteiger partial charge in [-0.25, -0.2) is 0 Å². The van der Waals surface area contributed by atoms with Crippen LogP contribution < -0.4 is 5.32 Å². The average Bonchev–Trinajstić information content (AvgIpc) is 2.56. The Morgan fingerprint density at radius 2 is 1.73 bits per heavy atom. The average molecular weight is 314 g/mol. The Morgan fingerprint density at radius 1 is 1.00 bits per heavy atom. The molecule has 22 heavy (non-hydrogen) atoms. The van der Waals surface area contributed by atoms with Crippen LogP contribution in [0.4, 0.5) is 5.69 Å². The summed E-state index contributed by atoms with van der Waals surface area (Å²) in [6, 6.07) is 15.2. The van der Waals surface area contributed by atoms with Crippen molar-refractivity contribution in [3.63, 3.8) is 0 Å². The molecule has 1 aliphatic carbocycles. The molecular weight excluding hydrogens is 294 g/mol. The van der Waals surface area contributed by atoms with Gasteiger partial charge in [0, 0.05) is 16.3 Å². The van der Waals surface area contributed by atoms with E-state index in [0.717, 1.165) is 5.69 Å². The summed E-state index contributed by atoms with van der Waals surface area (Å²) in [5, 5.41) is 3.49. The molecule has 0 aliphatic heterocycles. The number of anilines is 1. The van der Waals surface area contributed by atoms with Crippen LogP contribution in [0.5, 0.6) is 0 Å². The molecule has 1 amide bonds. The van der Waals surface area contributed by atoms with Gasteiger partial charge in [-0.05, 0) is 54.7 Å². The number of carbonyl (C=O) groups excluding carboxylic acids is 1. The zero-order valence-electron chi connectivity index (χ0n) is 12.5. The van der Waals surface area contributed by atoms with Crippen molar-refractivity contribution >= 4 is 23.2 Å². The van der Waals surface area contributed by atoms with E-state index in [9.17, 15) is 4.79 Å². The first-order chi connectivity index (χ1) is 10.7. The van der Waals surface area contributed by atoms with Crippen LogP contribution in [-0.2, 0) is 0 Å². The van der Waals surface area contributed by atoms with Gasteiger partial charge in [-0.2, -0.15) is 0 Å². The number of amides is 1. The molecule has 0 atom stereocenters. The van der Waals surface area contributed by atoms with E-state index in [0.29, 0.717) is 16.5 Å². The maximum atomic E-state index is 12.2. The van der Waals surface area contributed by atoms with E-state index in [1.54, 1.807) is 24.3 Å². The van der Waals surface area contributed by atoms with Gasteiger partial charge in [-0.3, -0.25) is 4.79 Å². The van der Waals surface area contributed by atoms with E-state index < -0.39 is 0 Å². The van der Waals surface area contributed by atoms with E-state index in [1.807, 2.05) is 12.1 Å². The second-order valence-electron chi connectivity index (χ2n) is 5.92. The molecule has 0 radical (unpaired) electrons. The zero-order valence-corrected chi connectivity index (χ0v) is 13.3. The van der Waals surface area contributed by atoms with E-state index in [1.165, 1.54) is 37.7 Å². The van der Waals surface area contributed by atoms with Crippen LogP contribution in [-0.4, -0.2) is 5.91 Å². The minimum Gasteiger partial charge on any atom is -0.322 e. The summed E-state index contributed by atoms with van der Waals surface area (Å²) in [6.45, 7) is 0. The Labute approximate surface area is 136 Å². The quantitative estimate of drug-likeness (QED) is 0.780. The van der Waals surface area contributed by atoms with Crippen molar-refractivity contribution < 1.29 is 4.79 Å². The summed E-state index contributed by atoms with van der Waals surface area (Å²) < 4.78 is 0. The van der Waals surface area contributed by atoms with Crippen LogP contribution in [0.3, 0.4) is 0 Å². The lowest BCUT2D eigenvalue weighted by molar-refractivity contribution is 0.102. The summed E-state index contributed by atoms with van der Waals surface area (Å²) >= 11 is 5.92. The molecule has 0 saturated heterocycles. The monoisotopic (exact) mass is 313 g/mol. The summed E-state index contributed by atoms with van der Waals surface area (Å²) in [7, 11) is 0. The first-order valence-electron chi connectivity index (χ1n) is 7.89. The highest BCUT2D eigenvalue weighted by molar-refractivity contribution is 6.31. The van der Waals surface area contributed by atoms with Crippen molar-refractivity contribution in [1.82, 2.24) is 0 Å². The van der Waals surface area contributed by atoms with Gasteiger partial charge in [0.1, 0.15) is 0 Å². The molecule has 1 aliphatic rings. The first kappa shape index (κ1) is 15.1. The van der Waals surface area contributed by atoms with Crippen molar-refractivity contribution in [2.75, 3.05) is 5.32 Å². The SMILES string of the molecule is O=C(Nc1ccc(C2CCCCC2)cc1)c1cccc(Cl)c1. The molecule has 3 heteroatoms. The van der Waals surface area contributed by atoms with Crippen LogP contribution in [0, 0.1) is 0 Å². The summed E-state index contributed by atoms with van der Waals surface area (Å²) in [4.78, 5) is 12.2. The molecule has 1 N–H and O–H groups in total. The molecule has 0 bridgehead atoms. The molecular formula is C19H20ClNO. The van der Waals surface area contributed by atoms with Gasteiger partial charge in [0.2, 0.25) is 0 Å². The van der Waals surface area contributed by atoms with Gasteiger partial charge in [-0.1, -0.05) is 49.1 Å². The second kappa shape index (κ2) is 6.97. The first-order valence-corrected chi connectivity index (χ1v) is 8.27. The van der Waals surface area contributed by atoms with E-state index in [2.05, 4.69) is 17.4 Å². The maximum Gasteiger partial charge on any atom is 0.255 e. The molecule has 0 spiro atoms. The zero-order chi connectivity index (χ0) is 15.4. The number of hydrogen-bond acceptors (Lipinski definition) is 1. The Balaban J connectivity index is 1.66. The molecule has 114 valence electrons. The highest BCUT2D eigenvalue weighted by atomic mass is 35.5. The molecule has 1 saturated carbocycles. The fourth-order valence-electron chi connectivity index (χ4n) is 3.11. The van der Waals surface area contributed by atoms with Gasteiger partial charge in [0.15, 0.2) is 0 Å². The number of nitrogens with one attached hydrogen (secondary N) is 1. The van der Waals surface area contributed by atoms with Crippen molar-refractivity contribution in [1.29, 1.82) is 0 Å². The fraction of sp³-hybridized carbons (Fsp3) is 0.316. The highest BCUT2D eigenvalue weighted by Gasteiger charge is 2.15. The number of benzene rings is 2. The molecule has 3 rings (SSSR count). The number of halogens is 1. The van der Waals surface area contributed by atoms with E-state index >= 15 is 0 Å². The summed E-state index contributed by atoms with van der Waals surface area (Å²) in [5.74, 6) is 0.555. The number of carbonyl (C=O) groups is 1.